The molecule has 3 N–H and O–H groups in total. The molecule has 4 rings (SSSR count). The van der Waals surface area contributed by atoms with Crippen LogP contribution in [0.1, 0.15) is 60.0 Å². The lowest BCUT2D eigenvalue weighted by Gasteiger charge is -2.30. The maximum Gasteiger partial charge on any atom is 0.314 e. The van der Waals surface area contributed by atoms with Crippen LogP contribution < -0.4 is 10.6 Å². The molecular weight excluding hydrogens is 453 g/mol. The Balaban J connectivity index is 1.53. The number of carbonyl (C=O) groups is 1. The van der Waals surface area contributed by atoms with E-state index in [0.717, 1.165) is 29.5 Å². The molecule has 186 valence electrons. The highest BCUT2D eigenvalue weighted by atomic mass is 19.1. The van der Waals surface area contributed by atoms with E-state index < -0.39 is 17.2 Å². The Morgan fingerprint density at radius 2 is 1.89 bits per heavy atom. The fraction of sp³-hybridized carbons (Fsp3) is 0.333. The first-order valence-electron chi connectivity index (χ1n) is 12.5. The van der Waals surface area contributed by atoms with Gasteiger partial charge < -0.3 is 15.7 Å². The molecule has 2 atom stereocenters. The molecule has 0 unspecified atom stereocenters. The van der Waals surface area contributed by atoms with E-state index in [-0.39, 0.29) is 12.1 Å². The molecule has 0 bridgehead atoms. The number of aryl methyl sites for hydroxylation is 1. The lowest BCUT2D eigenvalue weighted by molar-refractivity contribution is -0.140. The molecule has 0 heterocycles. The number of anilines is 1. The van der Waals surface area contributed by atoms with Gasteiger partial charge in [0, 0.05) is 6.04 Å². The van der Waals surface area contributed by atoms with Crippen LogP contribution in [-0.2, 0) is 16.6 Å². The highest BCUT2D eigenvalue weighted by molar-refractivity contribution is 5.84. The van der Waals surface area contributed by atoms with E-state index in [1.807, 2.05) is 42.5 Å². The van der Waals surface area contributed by atoms with Crippen molar-refractivity contribution in [3.8, 4) is 6.07 Å². The molecule has 0 saturated heterocycles. The second-order valence-electron chi connectivity index (χ2n) is 9.60. The van der Waals surface area contributed by atoms with Gasteiger partial charge in [-0.15, -0.1) is 0 Å². The summed E-state index contributed by atoms with van der Waals surface area (Å²) in [5.41, 5.74) is 4.04. The number of hydrogen-bond acceptors (Lipinski definition) is 4. The molecule has 3 aromatic carbocycles. The van der Waals surface area contributed by atoms with E-state index in [9.17, 15) is 19.6 Å². The maximum absolute atomic E-state index is 13.9. The fourth-order valence-corrected chi connectivity index (χ4v) is 4.93. The number of carboxylic acids is 1. The van der Waals surface area contributed by atoms with Crippen molar-refractivity contribution < 1.29 is 14.3 Å². The molecule has 1 aliphatic rings. The van der Waals surface area contributed by atoms with Crippen molar-refractivity contribution in [1.82, 2.24) is 5.32 Å². The molecule has 0 aromatic heterocycles. The standard InChI is InChI=1S/C30H32FN3O2/c1-3-26(34-27-20(2)16-25(31)18-23(27)19-32)28(22-9-5-4-6-10-22)33-15-12-21-8-7-11-24(17-21)30(13-14-30)29(35)36/h4-11,16-18,26,28,33-34H,3,12-15H2,1-2H3,(H,35,36)/t26-,28-/m1/s1. The Morgan fingerprint density at radius 3 is 2.53 bits per heavy atom. The number of nitrogens with zero attached hydrogens (tertiary/aromatic N) is 1. The number of nitriles is 1. The zero-order valence-corrected chi connectivity index (χ0v) is 20.7. The summed E-state index contributed by atoms with van der Waals surface area (Å²) in [5, 5.41) is 26.4. The molecule has 36 heavy (non-hydrogen) atoms. The van der Waals surface area contributed by atoms with Crippen LogP contribution in [0.25, 0.3) is 0 Å². The maximum atomic E-state index is 13.9. The van der Waals surface area contributed by atoms with Crippen molar-refractivity contribution in [3.63, 3.8) is 0 Å². The number of rotatable bonds is 11. The molecular formula is C30H32FN3O2. The number of hydrogen-bond donors (Lipinski definition) is 3. The van der Waals surface area contributed by atoms with Crippen LogP contribution in [0.2, 0.25) is 0 Å². The van der Waals surface area contributed by atoms with Gasteiger partial charge in [0.25, 0.3) is 0 Å². The Bertz CT molecular complexity index is 1260. The van der Waals surface area contributed by atoms with Gasteiger partial charge in [-0.1, -0.05) is 61.5 Å². The van der Waals surface area contributed by atoms with Crippen LogP contribution in [0.5, 0.6) is 0 Å². The SMILES string of the molecule is CC[C@@H](Nc1c(C)cc(F)cc1C#N)[C@H](NCCc1cccc(C2(C(=O)O)CC2)c1)c1ccccc1. The topological polar surface area (TPSA) is 85.2 Å². The van der Waals surface area contributed by atoms with Crippen molar-refractivity contribution in [3.05, 3.63) is 100 Å². The third-order valence-electron chi connectivity index (χ3n) is 7.17. The summed E-state index contributed by atoms with van der Waals surface area (Å²) in [4.78, 5) is 11.7. The minimum atomic E-state index is -0.744. The van der Waals surface area contributed by atoms with Crippen molar-refractivity contribution in [2.45, 2.75) is 57.0 Å². The van der Waals surface area contributed by atoms with Crippen molar-refractivity contribution in [2.24, 2.45) is 0 Å². The average Bonchev–Trinajstić information content (AvgIpc) is 3.70. The normalized spacial score (nSPS) is 15.5. The summed E-state index contributed by atoms with van der Waals surface area (Å²) in [6.07, 6.45) is 2.92. The van der Waals surface area contributed by atoms with Gasteiger partial charge in [0.15, 0.2) is 0 Å². The summed E-state index contributed by atoms with van der Waals surface area (Å²) in [5.74, 6) is -1.16. The summed E-state index contributed by atoms with van der Waals surface area (Å²) < 4.78 is 13.9. The Kier molecular flexibility index (Phi) is 7.71. The third kappa shape index (κ3) is 5.42. The van der Waals surface area contributed by atoms with Crippen molar-refractivity contribution in [2.75, 3.05) is 11.9 Å². The second kappa shape index (κ2) is 10.9. The van der Waals surface area contributed by atoms with Gasteiger partial charge >= 0.3 is 5.97 Å². The van der Waals surface area contributed by atoms with Gasteiger partial charge in [-0.25, -0.2) is 4.39 Å². The number of aliphatic carboxylic acids is 1. The van der Waals surface area contributed by atoms with Crippen LogP contribution in [-0.4, -0.2) is 23.7 Å². The molecule has 1 saturated carbocycles. The van der Waals surface area contributed by atoms with Gasteiger partial charge in [0.2, 0.25) is 0 Å². The van der Waals surface area contributed by atoms with Gasteiger partial charge in [-0.05, 0) is 73.5 Å². The molecule has 6 heteroatoms. The summed E-state index contributed by atoms with van der Waals surface area (Å²) in [7, 11) is 0. The quantitative estimate of drug-likeness (QED) is 0.316. The number of nitrogens with one attached hydrogen (secondary N) is 2. The number of benzene rings is 3. The number of halogens is 1. The summed E-state index contributed by atoms with van der Waals surface area (Å²) >= 11 is 0. The second-order valence-corrected chi connectivity index (χ2v) is 9.60. The molecule has 0 spiro atoms. The molecule has 0 amide bonds. The predicted octanol–water partition coefficient (Wildman–Crippen LogP) is 5.89. The highest BCUT2D eigenvalue weighted by Crippen LogP contribution is 2.48. The first-order valence-corrected chi connectivity index (χ1v) is 12.5. The van der Waals surface area contributed by atoms with Crippen LogP contribution >= 0.6 is 0 Å². The van der Waals surface area contributed by atoms with Gasteiger partial charge in [0.05, 0.1) is 22.7 Å². The molecule has 0 radical (unpaired) electrons. The van der Waals surface area contributed by atoms with E-state index in [1.165, 1.54) is 12.1 Å². The van der Waals surface area contributed by atoms with Crippen LogP contribution in [0.3, 0.4) is 0 Å². The third-order valence-corrected chi connectivity index (χ3v) is 7.17. The summed E-state index contributed by atoms with van der Waals surface area (Å²) in [6, 6.07) is 22.8. The minimum absolute atomic E-state index is 0.0447. The number of carboxylic acid groups (broad SMARTS) is 1. The zero-order valence-electron chi connectivity index (χ0n) is 20.7. The average molecular weight is 486 g/mol. The van der Waals surface area contributed by atoms with Crippen molar-refractivity contribution >= 4 is 11.7 Å². The van der Waals surface area contributed by atoms with Crippen LogP contribution in [0, 0.1) is 24.1 Å². The van der Waals surface area contributed by atoms with Gasteiger partial charge in [-0.3, -0.25) is 4.79 Å². The Hall–Kier alpha value is -3.69. The highest BCUT2D eigenvalue weighted by Gasteiger charge is 2.51. The Morgan fingerprint density at radius 1 is 1.14 bits per heavy atom. The fourth-order valence-electron chi connectivity index (χ4n) is 4.93. The van der Waals surface area contributed by atoms with Crippen molar-refractivity contribution in [1.29, 1.82) is 5.26 Å². The lowest BCUT2D eigenvalue weighted by Crippen LogP contribution is -2.38. The smallest absolute Gasteiger partial charge is 0.314 e. The van der Waals surface area contributed by atoms with E-state index in [2.05, 4.69) is 35.8 Å². The summed E-state index contributed by atoms with van der Waals surface area (Å²) in [6.45, 7) is 4.58. The first-order chi connectivity index (χ1) is 17.4. The molecule has 5 nitrogen and oxygen atoms in total. The van der Waals surface area contributed by atoms with E-state index in [0.29, 0.717) is 36.2 Å². The molecule has 3 aromatic rings. The molecule has 1 aliphatic carbocycles. The van der Waals surface area contributed by atoms with Gasteiger partial charge in [0.1, 0.15) is 11.9 Å². The van der Waals surface area contributed by atoms with Crippen LogP contribution in [0.15, 0.2) is 66.7 Å². The van der Waals surface area contributed by atoms with E-state index >= 15 is 0 Å². The largest absolute Gasteiger partial charge is 0.481 e. The molecule has 1 fully saturated rings. The monoisotopic (exact) mass is 485 g/mol. The molecule has 0 aliphatic heterocycles. The first kappa shape index (κ1) is 25.4. The van der Waals surface area contributed by atoms with E-state index in [4.69, 9.17) is 0 Å². The van der Waals surface area contributed by atoms with E-state index in [1.54, 1.807) is 6.92 Å². The Labute approximate surface area is 212 Å². The zero-order chi connectivity index (χ0) is 25.7. The minimum Gasteiger partial charge on any atom is -0.481 e. The van der Waals surface area contributed by atoms with Crippen LogP contribution in [0.4, 0.5) is 10.1 Å². The lowest BCUT2D eigenvalue weighted by atomic mass is 9.93. The van der Waals surface area contributed by atoms with Gasteiger partial charge in [-0.2, -0.15) is 5.26 Å². The predicted molar refractivity (Wildman–Crippen MR) is 139 cm³/mol.